The molecule has 2 heterocycles. The van der Waals surface area contributed by atoms with Crippen molar-refractivity contribution in [3.8, 4) is 17.3 Å². The molecule has 3 aromatic rings. The lowest BCUT2D eigenvalue weighted by molar-refractivity contribution is 1.07. The molecule has 0 atom stereocenters. The third kappa shape index (κ3) is 1.94. The Morgan fingerprint density at radius 3 is 2.65 bits per heavy atom. The van der Waals surface area contributed by atoms with Gasteiger partial charge in [-0.15, -0.1) is 0 Å². The molecule has 0 amide bonds. The van der Waals surface area contributed by atoms with Gasteiger partial charge in [0.1, 0.15) is 17.4 Å². The molecule has 20 heavy (non-hydrogen) atoms. The van der Waals surface area contributed by atoms with Crippen LogP contribution in [0.4, 0.5) is 0 Å². The van der Waals surface area contributed by atoms with Gasteiger partial charge in [0.2, 0.25) is 0 Å². The molecule has 0 aliphatic heterocycles. The number of fused-ring (bicyclic) bond motifs is 1. The van der Waals surface area contributed by atoms with E-state index in [1.165, 1.54) is 0 Å². The van der Waals surface area contributed by atoms with E-state index in [9.17, 15) is 5.26 Å². The molecule has 3 rings (SSSR count). The number of benzene rings is 1. The van der Waals surface area contributed by atoms with Crippen LogP contribution >= 0.6 is 23.2 Å². The Morgan fingerprint density at radius 2 is 1.95 bits per heavy atom. The lowest BCUT2D eigenvalue weighted by atomic mass is 10.1. The van der Waals surface area contributed by atoms with Crippen molar-refractivity contribution >= 4 is 28.8 Å². The highest BCUT2D eigenvalue weighted by molar-refractivity contribution is 6.42. The summed E-state index contributed by atoms with van der Waals surface area (Å²) in [6, 6.07) is 13.2. The number of halogens is 2. The first kappa shape index (κ1) is 13.0. The van der Waals surface area contributed by atoms with E-state index in [4.69, 9.17) is 23.2 Å². The fourth-order valence-electron chi connectivity index (χ4n) is 2.20. The Hall–Kier alpha value is -2.02. The third-order valence-corrected chi connectivity index (χ3v) is 3.88. The fraction of sp³-hybridized carbons (Fsp3) is 0.0667. The highest BCUT2D eigenvalue weighted by atomic mass is 35.5. The van der Waals surface area contributed by atoms with E-state index in [2.05, 4.69) is 11.1 Å². The monoisotopic (exact) mass is 301 g/mol. The highest BCUT2D eigenvalue weighted by Crippen LogP contribution is 2.30. The second-order valence-electron chi connectivity index (χ2n) is 4.41. The van der Waals surface area contributed by atoms with Crippen molar-refractivity contribution in [2.75, 3.05) is 0 Å². The van der Waals surface area contributed by atoms with Gasteiger partial charge in [-0.2, -0.15) is 5.26 Å². The van der Waals surface area contributed by atoms with Crippen LogP contribution in [0.5, 0.6) is 0 Å². The van der Waals surface area contributed by atoms with Gasteiger partial charge in [-0.1, -0.05) is 35.3 Å². The van der Waals surface area contributed by atoms with E-state index in [1.807, 2.05) is 35.6 Å². The van der Waals surface area contributed by atoms with Crippen molar-refractivity contribution in [3.63, 3.8) is 0 Å². The number of nitrogens with zero attached hydrogens (tertiary/aromatic N) is 3. The van der Waals surface area contributed by atoms with Crippen LogP contribution in [0.25, 0.3) is 16.9 Å². The molecule has 0 fully saturated rings. The molecular formula is C15H9Cl2N3. The second-order valence-corrected chi connectivity index (χ2v) is 5.22. The van der Waals surface area contributed by atoms with E-state index in [0.717, 1.165) is 16.9 Å². The van der Waals surface area contributed by atoms with Crippen molar-refractivity contribution < 1.29 is 0 Å². The van der Waals surface area contributed by atoms with Crippen molar-refractivity contribution in [1.29, 1.82) is 5.26 Å². The summed E-state index contributed by atoms with van der Waals surface area (Å²) in [4.78, 5) is 4.52. The van der Waals surface area contributed by atoms with Crippen LogP contribution in [0.1, 0.15) is 11.4 Å². The molecule has 0 aliphatic rings. The average molecular weight is 302 g/mol. The molecule has 5 heteroatoms. The molecular weight excluding hydrogens is 293 g/mol. The van der Waals surface area contributed by atoms with E-state index >= 15 is 0 Å². The predicted octanol–water partition coefficient (Wildman–Crippen LogP) is 4.49. The Kier molecular flexibility index (Phi) is 3.13. The van der Waals surface area contributed by atoms with Crippen LogP contribution in [-0.4, -0.2) is 9.38 Å². The Balaban J connectivity index is 2.34. The van der Waals surface area contributed by atoms with Crippen molar-refractivity contribution in [2.45, 2.75) is 6.92 Å². The van der Waals surface area contributed by atoms with E-state index < -0.39 is 0 Å². The van der Waals surface area contributed by atoms with Gasteiger partial charge in [-0.25, -0.2) is 4.98 Å². The highest BCUT2D eigenvalue weighted by Gasteiger charge is 2.15. The summed E-state index contributed by atoms with van der Waals surface area (Å²) in [6.07, 6.45) is 0. The lowest BCUT2D eigenvalue weighted by Gasteiger charge is -2.01. The zero-order chi connectivity index (χ0) is 14.3. The summed E-state index contributed by atoms with van der Waals surface area (Å²) in [5, 5.41) is 10.4. The summed E-state index contributed by atoms with van der Waals surface area (Å²) >= 11 is 12.0. The molecule has 1 aromatic carbocycles. The number of aromatic nitrogens is 2. The number of hydrogen-bond donors (Lipinski definition) is 0. The SMILES string of the molecule is Cc1cccc2nc(-c3ccc(Cl)c(Cl)c3)c(C#N)n12. The van der Waals surface area contributed by atoms with Crippen LogP contribution in [-0.2, 0) is 0 Å². The number of imidazole rings is 1. The van der Waals surface area contributed by atoms with Gasteiger partial charge in [0.25, 0.3) is 0 Å². The first-order valence-corrected chi connectivity index (χ1v) is 6.71. The molecule has 0 aliphatic carbocycles. The number of pyridine rings is 1. The minimum absolute atomic E-state index is 0.446. The zero-order valence-electron chi connectivity index (χ0n) is 10.6. The summed E-state index contributed by atoms with van der Waals surface area (Å²) in [5.74, 6) is 0. The first-order chi connectivity index (χ1) is 9.61. The number of nitriles is 1. The Bertz CT molecular complexity index is 859. The normalized spacial score (nSPS) is 10.7. The predicted molar refractivity (Wildman–Crippen MR) is 80.1 cm³/mol. The molecule has 0 saturated carbocycles. The molecule has 0 bridgehead atoms. The van der Waals surface area contributed by atoms with Crippen molar-refractivity contribution in [3.05, 3.63) is 57.8 Å². The van der Waals surface area contributed by atoms with Gasteiger partial charge >= 0.3 is 0 Å². The Labute approximate surface area is 126 Å². The zero-order valence-corrected chi connectivity index (χ0v) is 12.1. The number of aryl methyl sites for hydroxylation is 1. The second kappa shape index (κ2) is 4.82. The summed E-state index contributed by atoms with van der Waals surface area (Å²) in [7, 11) is 0. The number of hydrogen-bond acceptors (Lipinski definition) is 2. The standard InChI is InChI=1S/C15H9Cl2N3/c1-9-3-2-4-14-19-15(13(8-18)20(9)14)10-5-6-11(16)12(17)7-10/h2-7H,1H3. The molecule has 0 radical (unpaired) electrons. The molecule has 98 valence electrons. The summed E-state index contributed by atoms with van der Waals surface area (Å²) in [5.41, 5.74) is 3.58. The van der Waals surface area contributed by atoms with Gasteiger partial charge in [0, 0.05) is 11.3 Å². The molecule has 0 unspecified atom stereocenters. The maximum Gasteiger partial charge on any atom is 0.152 e. The van der Waals surface area contributed by atoms with Crippen LogP contribution < -0.4 is 0 Å². The first-order valence-electron chi connectivity index (χ1n) is 5.95. The average Bonchev–Trinajstić information content (AvgIpc) is 2.82. The van der Waals surface area contributed by atoms with Crippen molar-refractivity contribution in [2.24, 2.45) is 0 Å². The smallest absolute Gasteiger partial charge is 0.152 e. The van der Waals surface area contributed by atoms with Gasteiger partial charge in [0.05, 0.1) is 10.0 Å². The quantitative estimate of drug-likeness (QED) is 0.664. The van der Waals surface area contributed by atoms with Crippen LogP contribution in [0.15, 0.2) is 36.4 Å². The Morgan fingerprint density at radius 1 is 1.15 bits per heavy atom. The van der Waals surface area contributed by atoms with Gasteiger partial charge in [-0.05, 0) is 31.2 Å². The van der Waals surface area contributed by atoms with E-state index in [1.54, 1.807) is 12.1 Å². The minimum atomic E-state index is 0.446. The maximum atomic E-state index is 9.45. The molecule has 0 saturated heterocycles. The van der Waals surface area contributed by atoms with Gasteiger partial charge < -0.3 is 0 Å². The molecule has 0 N–H and O–H groups in total. The van der Waals surface area contributed by atoms with Gasteiger partial charge in [0.15, 0.2) is 5.69 Å². The summed E-state index contributed by atoms with van der Waals surface area (Å²) < 4.78 is 1.83. The van der Waals surface area contributed by atoms with Crippen LogP contribution in [0.2, 0.25) is 10.0 Å². The third-order valence-electron chi connectivity index (χ3n) is 3.14. The van der Waals surface area contributed by atoms with Crippen LogP contribution in [0.3, 0.4) is 0 Å². The molecule has 0 spiro atoms. The van der Waals surface area contributed by atoms with E-state index in [-0.39, 0.29) is 0 Å². The minimum Gasteiger partial charge on any atom is -0.288 e. The maximum absolute atomic E-state index is 9.45. The fourth-order valence-corrected chi connectivity index (χ4v) is 2.50. The van der Waals surface area contributed by atoms with Crippen LogP contribution in [0, 0.1) is 18.3 Å². The largest absolute Gasteiger partial charge is 0.288 e. The van der Waals surface area contributed by atoms with Gasteiger partial charge in [-0.3, -0.25) is 4.40 Å². The molecule has 3 nitrogen and oxygen atoms in total. The van der Waals surface area contributed by atoms with Crippen molar-refractivity contribution in [1.82, 2.24) is 9.38 Å². The summed E-state index contributed by atoms with van der Waals surface area (Å²) in [6.45, 7) is 1.94. The number of rotatable bonds is 1. The lowest BCUT2D eigenvalue weighted by Crippen LogP contribution is -1.93. The topological polar surface area (TPSA) is 41.1 Å². The molecule has 2 aromatic heterocycles. The van der Waals surface area contributed by atoms with E-state index in [0.29, 0.717) is 21.4 Å².